The Morgan fingerprint density at radius 3 is 2.30 bits per heavy atom. The van der Waals surface area contributed by atoms with Gasteiger partial charge in [-0.15, -0.1) is 0 Å². The average molecular weight is 433 g/mol. The Kier molecular flexibility index (Phi) is 5.39. The van der Waals surface area contributed by atoms with Gasteiger partial charge in [-0.25, -0.2) is 4.98 Å². The van der Waals surface area contributed by atoms with Gasteiger partial charge in [0, 0.05) is 5.56 Å². The minimum Gasteiger partial charge on any atom is -0.455 e. The van der Waals surface area contributed by atoms with Gasteiger partial charge in [0.15, 0.2) is 5.75 Å². The molecule has 0 unspecified atom stereocenters. The summed E-state index contributed by atoms with van der Waals surface area (Å²) in [5.41, 5.74) is 2.12. The molecule has 6 nitrogen and oxygen atoms in total. The molecule has 5 rings (SSSR count). The fraction of sp³-hybridized carbons (Fsp3) is 0. The van der Waals surface area contributed by atoms with Crippen molar-refractivity contribution in [2.24, 2.45) is 0 Å². The third kappa shape index (κ3) is 4.22. The van der Waals surface area contributed by atoms with Crippen LogP contribution in [0.2, 0.25) is 0 Å². The van der Waals surface area contributed by atoms with Gasteiger partial charge in [0.2, 0.25) is 0 Å². The summed E-state index contributed by atoms with van der Waals surface area (Å²) in [5.74, 6) is 0.940. The maximum absolute atomic E-state index is 12.9. The van der Waals surface area contributed by atoms with E-state index in [1.54, 1.807) is 48.5 Å². The van der Waals surface area contributed by atoms with E-state index < -0.39 is 0 Å². The summed E-state index contributed by atoms with van der Waals surface area (Å²) < 4.78 is 7.38. The van der Waals surface area contributed by atoms with E-state index in [0.717, 1.165) is 0 Å². The van der Waals surface area contributed by atoms with Gasteiger partial charge in [0.1, 0.15) is 12.1 Å². The van der Waals surface area contributed by atoms with Gasteiger partial charge >= 0.3 is 0 Å². The molecule has 33 heavy (non-hydrogen) atoms. The highest BCUT2D eigenvalue weighted by Crippen LogP contribution is 2.29. The summed E-state index contributed by atoms with van der Waals surface area (Å²) in [4.78, 5) is 30.0. The number of carbonyl (C=O) groups excluding carboxylic acids is 1. The lowest BCUT2D eigenvalue weighted by atomic mass is 10.1. The minimum absolute atomic E-state index is 0.162. The number of para-hydroxylation sites is 4. The van der Waals surface area contributed by atoms with Crippen LogP contribution in [0.3, 0.4) is 0 Å². The number of ether oxygens (including phenoxy) is 1. The van der Waals surface area contributed by atoms with Gasteiger partial charge in [-0.3, -0.25) is 14.2 Å². The molecule has 4 aromatic carbocycles. The fourth-order valence-corrected chi connectivity index (χ4v) is 3.50. The zero-order valence-electron chi connectivity index (χ0n) is 17.5. The monoisotopic (exact) mass is 433 g/mol. The largest absolute Gasteiger partial charge is 0.455 e. The average Bonchev–Trinajstić information content (AvgIpc) is 2.86. The van der Waals surface area contributed by atoms with Gasteiger partial charge in [0.25, 0.3) is 11.5 Å². The number of nitrogens with one attached hydrogen (secondary N) is 1. The van der Waals surface area contributed by atoms with Crippen LogP contribution in [-0.4, -0.2) is 15.5 Å². The Morgan fingerprint density at radius 2 is 1.48 bits per heavy atom. The molecule has 0 spiro atoms. The van der Waals surface area contributed by atoms with Crippen molar-refractivity contribution < 1.29 is 9.53 Å². The molecular weight excluding hydrogens is 414 g/mol. The number of carbonyl (C=O) groups is 1. The molecule has 0 saturated carbocycles. The van der Waals surface area contributed by atoms with Gasteiger partial charge in [-0.2, -0.15) is 0 Å². The van der Waals surface area contributed by atoms with E-state index in [1.807, 2.05) is 54.6 Å². The molecule has 1 heterocycles. The SMILES string of the molecule is O=C(Nc1ccccc1Oc1ccccc1)c1ccc(-n2cnc3ccccc3c2=O)cc1. The van der Waals surface area contributed by atoms with E-state index in [-0.39, 0.29) is 11.5 Å². The van der Waals surface area contributed by atoms with Crippen LogP contribution < -0.4 is 15.6 Å². The maximum Gasteiger partial charge on any atom is 0.265 e. The van der Waals surface area contributed by atoms with Crippen LogP contribution in [0, 0.1) is 0 Å². The maximum atomic E-state index is 12.9. The molecule has 1 amide bonds. The molecule has 0 saturated heterocycles. The first kappa shape index (κ1) is 20.2. The summed E-state index contributed by atoms with van der Waals surface area (Å²) in [6.45, 7) is 0. The zero-order valence-corrected chi connectivity index (χ0v) is 17.5. The highest BCUT2D eigenvalue weighted by molar-refractivity contribution is 6.05. The van der Waals surface area contributed by atoms with E-state index in [9.17, 15) is 9.59 Å². The van der Waals surface area contributed by atoms with E-state index in [4.69, 9.17) is 4.74 Å². The molecule has 0 aliphatic rings. The van der Waals surface area contributed by atoms with Crippen LogP contribution in [0.25, 0.3) is 16.6 Å². The molecule has 0 bridgehead atoms. The Bertz CT molecular complexity index is 1490. The second kappa shape index (κ2) is 8.80. The number of amides is 1. The minimum atomic E-state index is -0.283. The third-order valence-corrected chi connectivity index (χ3v) is 5.18. The van der Waals surface area contributed by atoms with Gasteiger partial charge in [-0.05, 0) is 60.7 Å². The predicted octanol–water partition coefficient (Wildman–Crippen LogP) is 5.43. The smallest absolute Gasteiger partial charge is 0.265 e. The Labute approximate surface area is 189 Å². The Balaban J connectivity index is 1.37. The van der Waals surface area contributed by atoms with Gasteiger partial charge < -0.3 is 10.1 Å². The number of rotatable bonds is 5. The van der Waals surface area contributed by atoms with Crippen molar-refractivity contribution in [3.63, 3.8) is 0 Å². The summed E-state index contributed by atoms with van der Waals surface area (Å²) >= 11 is 0. The van der Waals surface area contributed by atoms with Crippen LogP contribution in [0.4, 0.5) is 5.69 Å². The van der Waals surface area contributed by atoms with Crippen molar-refractivity contribution in [2.75, 3.05) is 5.32 Å². The predicted molar refractivity (Wildman–Crippen MR) is 128 cm³/mol. The van der Waals surface area contributed by atoms with E-state index in [0.29, 0.717) is 39.3 Å². The molecule has 0 radical (unpaired) electrons. The van der Waals surface area contributed by atoms with Crippen LogP contribution in [0.5, 0.6) is 11.5 Å². The van der Waals surface area contributed by atoms with E-state index in [2.05, 4.69) is 10.3 Å². The lowest BCUT2D eigenvalue weighted by Crippen LogP contribution is -2.19. The standard InChI is InChI=1S/C27H19N3O3/c31-26(29-24-12-6-7-13-25(24)33-21-8-2-1-3-9-21)19-14-16-20(17-15-19)30-18-28-23-11-5-4-10-22(23)27(30)32/h1-18H,(H,29,31). The van der Waals surface area contributed by atoms with Gasteiger partial charge in [0.05, 0.1) is 22.3 Å². The van der Waals surface area contributed by atoms with Crippen LogP contribution in [-0.2, 0) is 0 Å². The van der Waals surface area contributed by atoms with Crippen molar-refractivity contribution in [1.29, 1.82) is 0 Å². The first-order valence-corrected chi connectivity index (χ1v) is 10.4. The van der Waals surface area contributed by atoms with Crippen molar-refractivity contribution in [1.82, 2.24) is 9.55 Å². The van der Waals surface area contributed by atoms with E-state index in [1.165, 1.54) is 10.9 Å². The summed E-state index contributed by atoms with van der Waals surface area (Å²) in [6.07, 6.45) is 1.50. The number of anilines is 1. The van der Waals surface area contributed by atoms with Crippen LogP contribution in [0.1, 0.15) is 10.4 Å². The molecule has 6 heteroatoms. The molecule has 1 N–H and O–H groups in total. The Morgan fingerprint density at radius 1 is 0.788 bits per heavy atom. The van der Waals surface area contributed by atoms with Crippen molar-refractivity contribution in [3.8, 4) is 17.2 Å². The summed E-state index contributed by atoms with van der Waals surface area (Å²) in [6, 6.07) is 30.6. The Hall–Kier alpha value is -4.71. The number of hydrogen-bond donors (Lipinski definition) is 1. The normalized spacial score (nSPS) is 10.7. The zero-order chi connectivity index (χ0) is 22.6. The number of hydrogen-bond acceptors (Lipinski definition) is 4. The molecule has 5 aromatic rings. The summed E-state index contributed by atoms with van der Waals surface area (Å²) in [7, 11) is 0. The quantitative estimate of drug-likeness (QED) is 0.401. The third-order valence-electron chi connectivity index (χ3n) is 5.18. The number of nitrogens with zero attached hydrogens (tertiary/aromatic N) is 2. The first-order valence-electron chi connectivity index (χ1n) is 10.4. The molecule has 160 valence electrons. The number of fused-ring (bicyclic) bond motifs is 1. The molecule has 0 aliphatic heterocycles. The van der Waals surface area contributed by atoms with Gasteiger partial charge in [-0.1, -0.05) is 42.5 Å². The van der Waals surface area contributed by atoms with Crippen molar-refractivity contribution >= 4 is 22.5 Å². The molecular formula is C27H19N3O3. The molecule has 0 aliphatic carbocycles. The van der Waals surface area contributed by atoms with Crippen LogP contribution >= 0.6 is 0 Å². The second-order valence-electron chi connectivity index (χ2n) is 7.35. The number of aromatic nitrogens is 2. The highest BCUT2D eigenvalue weighted by atomic mass is 16.5. The highest BCUT2D eigenvalue weighted by Gasteiger charge is 2.12. The lowest BCUT2D eigenvalue weighted by molar-refractivity contribution is 0.102. The topological polar surface area (TPSA) is 73.2 Å². The van der Waals surface area contributed by atoms with Crippen molar-refractivity contribution in [2.45, 2.75) is 0 Å². The summed E-state index contributed by atoms with van der Waals surface area (Å²) in [5, 5.41) is 3.44. The second-order valence-corrected chi connectivity index (χ2v) is 7.35. The van der Waals surface area contributed by atoms with E-state index >= 15 is 0 Å². The molecule has 0 fully saturated rings. The number of benzene rings is 4. The molecule has 0 atom stereocenters. The molecule has 1 aromatic heterocycles. The lowest BCUT2D eigenvalue weighted by Gasteiger charge is -2.12. The van der Waals surface area contributed by atoms with Crippen molar-refractivity contribution in [3.05, 3.63) is 125 Å². The first-order chi connectivity index (χ1) is 16.2. The van der Waals surface area contributed by atoms with Crippen LogP contribution in [0.15, 0.2) is 114 Å². The fourth-order valence-electron chi connectivity index (χ4n) is 3.50.